The molecule has 0 fully saturated rings. The summed E-state index contributed by atoms with van der Waals surface area (Å²) in [4.78, 5) is 34.7. The molecule has 112 valence electrons. The van der Waals surface area contributed by atoms with E-state index in [1.54, 1.807) is 30.3 Å². The lowest BCUT2D eigenvalue weighted by atomic mass is 10.1. The van der Waals surface area contributed by atoms with Crippen molar-refractivity contribution in [2.24, 2.45) is 5.73 Å². The van der Waals surface area contributed by atoms with Gasteiger partial charge in [-0.3, -0.25) is 14.4 Å². The molecule has 0 radical (unpaired) electrons. The lowest BCUT2D eigenvalue weighted by Crippen LogP contribution is -2.44. The van der Waals surface area contributed by atoms with Crippen LogP contribution in [0.1, 0.15) is 30.1 Å². The normalized spacial score (nSPS) is 11.3. The van der Waals surface area contributed by atoms with Crippen molar-refractivity contribution in [3.05, 3.63) is 42.5 Å². The molecule has 1 aromatic carbocycles. The summed E-state index contributed by atoms with van der Waals surface area (Å²) in [6.07, 6.45) is 2.58. The average molecular weight is 289 g/mol. The number of nitrogens with one attached hydrogen (secondary N) is 2. The number of carbonyl (C=O) groups is 3. The maximum absolute atomic E-state index is 12.2. The zero-order valence-electron chi connectivity index (χ0n) is 11.9. The van der Waals surface area contributed by atoms with Gasteiger partial charge in [0.1, 0.15) is 6.04 Å². The number of hydrogen-bond donors (Lipinski definition) is 3. The summed E-state index contributed by atoms with van der Waals surface area (Å²) in [7, 11) is 0. The van der Waals surface area contributed by atoms with Gasteiger partial charge in [-0.15, -0.1) is 6.58 Å². The van der Waals surface area contributed by atoms with E-state index in [2.05, 4.69) is 17.2 Å². The molecule has 6 nitrogen and oxygen atoms in total. The molecule has 0 aromatic heterocycles. The first-order chi connectivity index (χ1) is 9.95. The number of rotatable bonds is 7. The minimum atomic E-state index is -0.777. The molecule has 0 heterocycles. The van der Waals surface area contributed by atoms with Crippen LogP contribution in [0.15, 0.2) is 36.9 Å². The third-order valence-corrected chi connectivity index (χ3v) is 2.79. The van der Waals surface area contributed by atoms with Gasteiger partial charge < -0.3 is 16.4 Å². The minimum absolute atomic E-state index is 0.276. The molecule has 0 aliphatic rings. The van der Waals surface area contributed by atoms with Gasteiger partial charge in [0.25, 0.3) is 5.91 Å². The largest absolute Gasteiger partial charge is 0.368 e. The fourth-order valence-electron chi connectivity index (χ4n) is 1.79. The van der Waals surface area contributed by atoms with E-state index in [9.17, 15) is 14.4 Å². The average Bonchev–Trinajstić information content (AvgIpc) is 2.42. The summed E-state index contributed by atoms with van der Waals surface area (Å²) < 4.78 is 0. The van der Waals surface area contributed by atoms with E-state index in [1.807, 2.05) is 0 Å². The van der Waals surface area contributed by atoms with Crippen LogP contribution in [0.2, 0.25) is 0 Å². The Labute approximate surface area is 123 Å². The molecule has 3 amide bonds. The molecule has 21 heavy (non-hydrogen) atoms. The molecule has 0 aliphatic heterocycles. The maximum atomic E-state index is 12.2. The van der Waals surface area contributed by atoms with Gasteiger partial charge in [0.15, 0.2) is 0 Å². The van der Waals surface area contributed by atoms with E-state index < -0.39 is 17.9 Å². The summed E-state index contributed by atoms with van der Waals surface area (Å²) in [6, 6.07) is 5.76. The molecule has 0 bridgehead atoms. The van der Waals surface area contributed by atoms with Gasteiger partial charge in [-0.25, -0.2) is 0 Å². The van der Waals surface area contributed by atoms with E-state index >= 15 is 0 Å². The van der Waals surface area contributed by atoms with Crippen LogP contribution < -0.4 is 16.4 Å². The Bertz CT molecular complexity index is 555. The number of nitrogens with two attached hydrogens (primary N) is 1. The highest BCUT2D eigenvalue weighted by Gasteiger charge is 2.20. The van der Waals surface area contributed by atoms with Crippen LogP contribution in [0, 0.1) is 0 Å². The molecule has 1 atom stereocenters. The summed E-state index contributed by atoms with van der Waals surface area (Å²) >= 11 is 0. The Morgan fingerprint density at radius 3 is 2.57 bits per heavy atom. The fourth-order valence-corrected chi connectivity index (χ4v) is 1.79. The predicted molar refractivity (Wildman–Crippen MR) is 80.6 cm³/mol. The van der Waals surface area contributed by atoms with Crippen molar-refractivity contribution in [2.45, 2.75) is 25.8 Å². The third kappa shape index (κ3) is 5.10. The minimum Gasteiger partial charge on any atom is -0.368 e. The lowest BCUT2D eigenvalue weighted by Gasteiger charge is -2.16. The molecular formula is C15H19N3O3. The molecule has 0 unspecified atom stereocenters. The number of carbonyl (C=O) groups excluding carboxylic acids is 3. The molecule has 0 saturated heterocycles. The first kappa shape index (κ1) is 16.4. The molecule has 0 saturated carbocycles. The number of allylic oxidation sites excluding steroid dienone is 1. The van der Waals surface area contributed by atoms with Crippen LogP contribution >= 0.6 is 0 Å². The van der Waals surface area contributed by atoms with Crippen LogP contribution in [-0.2, 0) is 9.59 Å². The lowest BCUT2D eigenvalue weighted by molar-refractivity contribution is -0.120. The van der Waals surface area contributed by atoms with Crippen LogP contribution in [0.4, 0.5) is 5.69 Å². The van der Waals surface area contributed by atoms with Crippen LogP contribution in [0.3, 0.4) is 0 Å². The number of benzene rings is 1. The highest BCUT2D eigenvalue weighted by Crippen LogP contribution is 2.15. The Morgan fingerprint density at radius 2 is 2.00 bits per heavy atom. The Hall–Kier alpha value is -2.63. The highest BCUT2D eigenvalue weighted by molar-refractivity contribution is 6.04. The van der Waals surface area contributed by atoms with Crippen LogP contribution in [0.5, 0.6) is 0 Å². The van der Waals surface area contributed by atoms with Crippen molar-refractivity contribution in [1.82, 2.24) is 5.32 Å². The second-order valence-electron chi connectivity index (χ2n) is 4.52. The summed E-state index contributed by atoms with van der Waals surface area (Å²) in [5, 5.41) is 5.14. The number of amides is 3. The Kier molecular flexibility index (Phi) is 6.13. The Morgan fingerprint density at radius 1 is 1.33 bits per heavy atom. The molecule has 6 heteroatoms. The number of para-hydroxylation sites is 1. The van der Waals surface area contributed by atoms with Crippen LogP contribution in [-0.4, -0.2) is 23.8 Å². The van der Waals surface area contributed by atoms with Crippen LogP contribution in [0.25, 0.3) is 0 Å². The monoisotopic (exact) mass is 289 g/mol. The van der Waals surface area contributed by atoms with Crippen molar-refractivity contribution in [3.63, 3.8) is 0 Å². The van der Waals surface area contributed by atoms with E-state index in [0.29, 0.717) is 18.5 Å². The smallest absolute Gasteiger partial charge is 0.254 e. The summed E-state index contributed by atoms with van der Waals surface area (Å²) in [6.45, 7) is 4.92. The molecule has 1 rings (SSSR count). The topological polar surface area (TPSA) is 101 Å². The van der Waals surface area contributed by atoms with Crippen molar-refractivity contribution < 1.29 is 14.4 Å². The van der Waals surface area contributed by atoms with Gasteiger partial charge >= 0.3 is 0 Å². The first-order valence-electron chi connectivity index (χ1n) is 6.53. The Balaban J connectivity index is 2.89. The SMILES string of the molecule is C=CCC[C@H](NC(=O)c1ccccc1NC(C)=O)C(N)=O. The molecule has 1 aromatic rings. The molecule has 0 aliphatic carbocycles. The third-order valence-electron chi connectivity index (χ3n) is 2.79. The molecule has 0 spiro atoms. The fraction of sp³-hybridized carbons (Fsp3) is 0.267. The van der Waals surface area contributed by atoms with E-state index in [4.69, 9.17) is 5.73 Å². The maximum Gasteiger partial charge on any atom is 0.254 e. The number of anilines is 1. The van der Waals surface area contributed by atoms with Gasteiger partial charge in [0, 0.05) is 6.92 Å². The van der Waals surface area contributed by atoms with Crippen molar-refractivity contribution >= 4 is 23.4 Å². The number of primary amides is 1. The zero-order valence-corrected chi connectivity index (χ0v) is 11.9. The highest BCUT2D eigenvalue weighted by atomic mass is 16.2. The van der Waals surface area contributed by atoms with Gasteiger partial charge in [-0.1, -0.05) is 18.2 Å². The van der Waals surface area contributed by atoms with Crippen molar-refractivity contribution in [1.29, 1.82) is 0 Å². The molecular weight excluding hydrogens is 270 g/mol. The quantitative estimate of drug-likeness (QED) is 0.657. The van der Waals surface area contributed by atoms with Gasteiger partial charge in [0.05, 0.1) is 11.3 Å². The van der Waals surface area contributed by atoms with Gasteiger partial charge in [0.2, 0.25) is 11.8 Å². The second kappa shape index (κ2) is 7.84. The summed E-state index contributed by atoms with van der Waals surface area (Å²) in [5.74, 6) is -1.36. The van der Waals surface area contributed by atoms with E-state index in [-0.39, 0.29) is 11.5 Å². The second-order valence-corrected chi connectivity index (χ2v) is 4.52. The van der Waals surface area contributed by atoms with Gasteiger partial charge in [-0.05, 0) is 25.0 Å². The van der Waals surface area contributed by atoms with E-state index in [0.717, 1.165) is 0 Å². The predicted octanol–water partition coefficient (Wildman–Crippen LogP) is 1.19. The van der Waals surface area contributed by atoms with Crippen molar-refractivity contribution in [3.8, 4) is 0 Å². The van der Waals surface area contributed by atoms with E-state index in [1.165, 1.54) is 6.92 Å². The number of hydrogen-bond acceptors (Lipinski definition) is 3. The van der Waals surface area contributed by atoms with Gasteiger partial charge in [-0.2, -0.15) is 0 Å². The van der Waals surface area contributed by atoms with Crippen molar-refractivity contribution in [2.75, 3.05) is 5.32 Å². The first-order valence-corrected chi connectivity index (χ1v) is 6.53. The standard InChI is InChI=1S/C15H19N3O3/c1-3-4-8-13(14(16)20)18-15(21)11-7-5-6-9-12(11)17-10(2)19/h3,5-7,9,13H,1,4,8H2,2H3,(H2,16,20)(H,17,19)(H,18,21)/t13-/m0/s1. The summed E-state index contributed by atoms with van der Waals surface area (Å²) in [5.41, 5.74) is 5.92. The molecule has 4 N–H and O–H groups in total. The zero-order chi connectivity index (χ0) is 15.8.